The molecule has 0 bridgehead atoms. The van der Waals surface area contributed by atoms with Gasteiger partial charge < -0.3 is 14.2 Å². The normalized spacial score (nSPS) is 15.1. The molecule has 0 aliphatic carbocycles. The lowest BCUT2D eigenvalue weighted by atomic mass is 10.2. The van der Waals surface area contributed by atoms with Gasteiger partial charge in [0.1, 0.15) is 0 Å². The molecule has 0 N–H and O–H groups in total. The van der Waals surface area contributed by atoms with Crippen molar-refractivity contribution < 1.29 is 14.0 Å². The Morgan fingerprint density at radius 3 is 2.59 bits per heavy atom. The number of piperazine rings is 1. The number of thiazole rings is 1. The highest BCUT2D eigenvalue weighted by Gasteiger charge is 2.26. The van der Waals surface area contributed by atoms with Crippen molar-refractivity contribution in [3.8, 4) is 0 Å². The molecule has 0 aromatic carbocycles. The van der Waals surface area contributed by atoms with E-state index in [0.717, 1.165) is 10.6 Å². The van der Waals surface area contributed by atoms with Crippen LogP contribution in [0.25, 0.3) is 0 Å². The largest absolute Gasteiger partial charge is 0.459 e. The van der Waals surface area contributed by atoms with Gasteiger partial charge in [-0.3, -0.25) is 9.59 Å². The van der Waals surface area contributed by atoms with Crippen LogP contribution in [0.3, 0.4) is 0 Å². The summed E-state index contributed by atoms with van der Waals surface area (Å²) < 4.78 is 5.13. The van der Waals surface area contributed by atoms with Gasteiger partial charge in [-0.2, -0.15) is 0 Å². The lowest BCUT2D eigenvalue weighted by molar-refractivity contribution is -0.131. The van der Waals surface area contributed by atoms with E-state index in [-0.39, 0.29) is 11.8 Å². The van der Waals surface area contributed by atoms with E-state index >= 15 is 0 Å². The van der Waals surface area contributed by atoms with E-state index in [0.29, 0.717) is 38.4 Å². The van der Waals surface area contributed by atoms with Crippen LogP contribution in [-0.4, -0.2) is 52.8 Å². The smallest absolute Gasteiger partial charge is 0.289 e. The van der Waals surface area contributed by atoms with Crippen molar-refractivity contribution in [3.63, 3.8) is 0 Å². The number of carbonyl (C=O) groups is 2. The molecule has 6 nitrogen and oxygen atoms in total. The number of aromatic nitrogens is 1. The van der Waals surface area contributed by atoms with Crippen LogP contribution in [0.15, 0.2) is 28.3 Å². The Kier molecular flexibility index (Phi) is 4.24. The Bertz CT molecular complexity index is 657. The van der Waals surface area contributed by atoms with Crippen LogP contribution in [0.1, 0.15) is 21.1 Å². The van der Waals surface area contributed by atoms with Crippen LogP contribution in [0.5, 0.6) is 0 Å². The minimum Gasteiger partial charge on any atom is -0.459 e. The average Bonchev–Trinajstić information content (AvgIpc) is 3.19. The van der Waals surface area contributed by atoms with E-state index in [1.807, 2.05) is 11.8 Å². The van der Waals surface area contributed by atoms with E-state index in [9.17, 15) is 9.59 Å². The fourth-order valence-corrected chi connectivity index (χ4v) is 3.23. The highest BCUT2D eigenvalue weighted by atomic mass is 32.1. The number of carbonyl (C=O) groups excluding carboxylic acids is 2. The van der Waals surface area contributed by atoms with Crippen molar-refractivity contribution >= 4 is 23.2 Å². The second kappa shape index (κ2) is 6.31. The standard InChI is InChI=1S/C15H17N3O3S/c1-11-13(22-10-16-11)9-14(19)17-4-6-18(7-5-17)15(20)12-3-2-8-21-12/h2-3,8,10H,4-7,9H2,1H3. The summed E-state index contributed by atoms with van der Waals surface area (Å²) in [7, 11) is 0. The number of furan rings is 1. The molecule has 7 heteroatoms. The number of hydrogen-bond acceptors (Lipinski definition) is 5. The Morgan fingerprint density at radius 1 is 1.27 bits per heavy atom. The van der Waals surface area contributed by atoms with Crippen molar-refractivity contribution in [2.75, 3.05) is 26.2 Å². The Hall–Kier alpha value is -2.15. The Balaban J connectivity index is 1.54. The molecule has 1 fully saturated rings. The van der Waals surface area contributed by atoms with Crippen molar-refractivity contribution in [1.82, 2.24) is 14.8 Å². The molecule has 0 atom stereocenters. The molecule has 116 valence electrons. The fraction of sp³-hybridized carbons (Fsp3) is 0.400. The van der Waals surface area contributed by atoms with E-state index in [2.05, 4.69) is 4.98 Å². The summed E-state index contributed by atoms with van der Waals surface area (Å²) in [6.07, 6.45) is 1.88. The molecule has 1 saturated heterocycles. The van der Waals surface area contributed by atoms with Gasteiger partial charge in [-0.15, -0.1) is 11.3 Å². The first-order chi connectivity index (χ1) is 10.6. The summed E-state index contributed by atoms with van der Waals surface area (Å²) in [5.74, 6) is 0.327. The molecule has 0 spiro atoms. The Morgan fingerprint density at radius 2 is 2.00 bits per heavy atom. The van der Waals surface area contributed by atoms with Gasteiger partial charge in [0.2, 0.25) is 5.91 Å². The SMILES string of the molecule is Cc1ncsc1CC(=O)N1CCN(C(=O)c2ccco2)CC1. The minimum absolute atomic E-state index is 0.0949. The van der Waals surface area contributed by atoms with Gasteiger partial charge >= 0.3 is 0 Å². The van der Waals surface area contributed by atoms with E-state index in [4.69, 9.17) is 4.42 Å². The summed E-state index contributed by atoms with van der Waals surface area (Å²) in [6.45, 7) is 4.10. The average molecular weight is 319 g/mol. The second-order valence-electron chi connectivity index (χ2n) is 5.19. The van der Waals surface area contributed by atoms with E-state index in [1.165, 1.54) is 17.6 Å². The van der Waals surface area contributed by atoms with Crippen LogP contribution in [0.2, 0.25) is 0 Å². The number of nitrogens with zero attached hydrogens (tertiary/aromatic N) is 3. The third-order valence-corrected chi connectivity index (χ3v) is 4.74. The van der Waals surface area contributed by atoms with Gasteiger partial charge in [0.05, 0.1) is 23.9 Å². The summed E-state index contributed by atoms with van der Waals surface area (Å²) in [5.41, 5.74) is 2.68. The maximum absolute atomic E-state index is 12.3. The number of rotatable bonds is 3. The summed E-state index contributed by atoms with van der Waals surface area (Å²) in [4.78, 5) is 33.2. The van der Waals surface area contributed by atoms with Gasteiger partial charge in [-0.05, 0) is 19.1 Å². The van der Waals surface area contributed by atoms with E-state index in [1.54, 1.807) is 22.5 Å². The first-order valence-electron chi connectivity index (χ1n) is 7.14. The zero-order valence-electron chi connectivity index (χ0n) is 12.3. The van der Waals surface area contributed by atoms with Crippen LogP contribution in [0, 0.1) is 6.92 Å². The molecule has 1 aliphatic heterocycles. The zero-order chi connectivity index (χ0) is 15.5. The van der Waals surface area contributed by atoms with Crippen LogP contribution in [0.4, 0.5) is 0 Å². The topological polar surface area (TPSA) is 66.7 Å². The van der Waals surface area contributed by atoms with Crippen molar-refractivity contribution in [3.05, 3.63) is 40.2 Å². The van der Waals surface area contributed by atoms with Crippen molar-refractivity contribution in [1.29, 1.82) is 0 Å². The first-order valence-corrected chi connectivity index (χ1v) is 8.02. The third-order valence-electron chi connectivity index (χ3n) is 3.81. The molecule has 0 radical (unpaired) electrons. The predicted octanol–water partition coefficient (Wildman–Crippen LogP) is 1.57. The molecule has 2 amide bonds. The lowest BCUT2D eigenvalue weighted by Gasteiger charge is -2.34. The lowest BCUT2D eigenvalue weighted by Crippen LogP contribution is -2.50. The number of amides is 2. The van der Waals surface area contributed by atoms with Gasteiger partial charge in [0, 0.05) is 31.1 Å². The van der Waals surface area contributed by atoms with Gasteiger partial charge in [0.25, 0.3) is 5.91 Å². The highest BCUT2D eigenvalue weighted by Crippen LogP contribution is 2.15. The highest BCUT2D eigenvalue weighted by molar-refractivity contribution is 7.09. The maximum Gasteiger partial charge on any atom is 0.289 e. The molecule has 3 rings (SSSR count). The van der Waals surface area contributed by atoms with E-state index < -0.39 is 0 Å². The van der Waals surface area contributed by atoms with Crippen molar-refractivity contribution in [2.45, 2.75) is 13.3 Å². The zero-order valence-corrected chi connectivity index (χ0v) is 13.1. The fourth-order valence-electron chi connectivity index (χ4n) is 2.46. The molecule has 3 heterocycles. The third kappa shape index (κ3) is 3.04. The van der Waals surface area contributed by atoms with Gasteiger partial charge in [0.15, 0.2) is 5.76 Å². The van der Waals surface area contributed by atoms with Crippen LogP contribution in [-0.2, 0) is 11.2 Å². The number of hydrogen-bond donors (Lipinski definition) is 0. The Labute approximate surface area is 132 Å². The maximum atomic E-state index is 12.3. The minimum atomic E-state index is -0.115. The van der Waals surface area contributed by atoms with Gasteiger partial charge in [-0.1, -0.05) is 0 Å². The molecule has 1 aliphatic rings. The monoisotopic (exact) mass is 319 g/mol. The first kappa shape index (κ1) is 14.8. The van der Waals surface area contributed by atoms with Crippen LogP contribution >= 0.6 is 11.3 Å². The molecule has 0 saturated carbocycles. The van der Waals surface area contributed by atoms with Crippen LogP contribution < -0.4 is 0 Å². The number of aryl methyl sites for hydroxylation is 1. The summed E-state index contributed by atoms with van der Waals surface area (Å²) in [6, 6.07) is 3.36. The summed E-state index contributed by atoms with van der Waals surface area (Å²) >= 11 is 1.51. The molecule has 2 aromatic rings. The molecule has 0 unspecified atom stereocenters. The quantitative estimate of drug-likeness (QED) is 0.861. The molecule has 2 aromatic heterocycles. The molecular weight excluding hydrogens is 302 g/mol. The van der Waals surface area contributed by atoms with Crippen molar-refractivity contribution in [2.24, 2.45) is 0 Å². The predicted molar refractivity (Wildman–Crippen MR) is 81.7 cm³/mol. The molecular formula is C15H17N3O3S. The van der Waals surface area contributed by atoms with Gasteiger partial charge in [-0.25, -0.2) is 4.98 Å². The summed E-state index contributed by atoms with van der Waals surface area (Å²) in [5, 5.41) is 0. The second-order valence-corrected chi connectivity index (χ2v) is 6.13. The molecule has 22 heavy (non-hydrogen) atoms.